The molecular formula is C28H28ClN3OS. The number of rotatable bonds is 7. The van der Waals surface area contributed by atoms with Crippen LogP contribution in [0.3, 0.4) is 0 Å². The van der Waals surface area contributed by atoms with Gasteiger partial charge >= 0.3 is 0 Å². The molecule has 2 aromatic heterocycles. The zero-order valence-electron chi connectivity index (χ0n) is 19.3. The van der Waals surface area contributed by atoms with Crippen molar-refractivity contribution in [3.63, 3.8) is 0 Å². The Morgan fingerprint density at radius 1 is 1.09 bits per heavy atom. The Morgan fingerprint density at radius 3 is 2.59 bits per heavy atom. The first-order valence-electron chi connectivity index (χ1n) is 11.7. The minimum absolute atomic E-state index is 0.427. The standard InChI is InChI=1S/C28H28ClN3OS/c1-19(28-27(29)24-10-6-7-11-26(24)34-28)32(23-8-4-3-5-9-23)17-21-14-20(12-13-25(21)33-2)22-15-30-18-31-16-22/h6-7,10-16,18,23H,1,3-5,8-9,17H2,2H3. The molecule has 4 aromatic rings. The molecule has 174 valence electrons. The molecule has 0 saturated heterocycles. The van der Waals surface area contributed by atoms with E-state index in [2.05, 4.69) is 51.8 Å². The van der Waals surface area contributed by atoms with Crippen LogP contribution in [-0.2, 0) is 6.54 Å². The highest BCUT2D eigenvalue weighted by molar-refractivity contribution is 7.20. The fourth-order valence-corrected chi connectivity index (χ4v) is 6.41. The van der Waals surface area contributed by atoms with Crippen molar-refractivity contribution in [1.29, 1.82) is 0 Å². The van der Waals surface area contributed by atoms with Gasteiger partial charge in [0.25, 0.3) is 0 Å². The maximum atomic E-state index is 6.89. The van der Waals surface area contributed by atoms with Gasteiger partial charge < -0.3 is 9.64 Å². The minimum atomic E-state index is 0.427. The Morgan fingerprint density at radius 2 is 1.85 bits per heavy atom. The number of nitrogens with zero attached hydrogens (tertiary/aromatic N) is 3. The van der Waals surface area contributed by atoms with E-state index in [1.165, 1.54) is 24.0 Å². The molecule has 0 amide bonds. The first-order valence-corrected chi connectivity index (χ1v) is 12.9. The second-order valence-electron chi connectivity index (χ2n) is 8.76. The Labute approximate surface area is 209 Å². The number of hydrogen-bond donors (Lipinski definition) is 0. The van der Waals surface area contributed by atoms with Crippen molar-refractivity contribution in [2.75, 3.05) is 7.11 Å². The molecule has 2 heterocycles. The highest BCUT2D eigenvalue weighted by Crippen LogP contribution is 2.42. The van der Waals surface area contributed by atoms with Crippen LogP contribution >= 0.6 is 22.9 Å². The van der Waals surface area contributed by atoms with Gasteiger partial charge in [-0.25, -0.2) is 9.97 Å². The molecule has 0 aliphatic heterocycles. The average Bonchev–Trinajstić information content (AvgIpc) is 3.24. The van der Waals surface area contributed by atoms with Gasteiger partial charge in [0.1, 0.15) is 12.1 Å². The molecule has 6 heteroatoms. The van der Waals surface area contributed by atoms with E-state index >= 15 is 0 Å². The summed E-state index contributed by atoms with van der Waals surface area (Å²) in [6.07, 6.45) is 11.3. The van der Waals surface area contributed by atoms with Gasteiger partial charge in [0, 0.05) is 51.9 Å². The molecule has 0 spiro atoms. The molecule has 1 aliphatic rings. The molecule has 2 aromatic carbocycles. The molecule has 0 unspecified atom stereocenters. The van der Waals surface area contributed by atoms with E-state index in [-0.39, 0.29) is 0 Å². The molecule has 0 bridgehead atoms. The number of aromatic nitrogens is 2. The lowest BCUT2D eigenvalue weighted by Gasteiger charge is -2.37. The Bertz CT molecular complexity index is 1300. The van der Waals surface area contributed by atoms with E-state index < -0.39 is 0 Å². The zero-order valence-corrected chi connectivity index (χ0v) is 20.9. The fourth-order valence-electron chi connectivity index (χ4n) is 4.88. The van der Waals surface area contributed by atoms with E-state index in [9.17, 15) is 0 Å². The van der Waals surface area contributed by atoms with Crippen LogP contribution in [0.5, 0.6) is 5.75 Å². The van der Waals surface area contributed by atoms with Crippen molar-refractivity contribution in [2.45, 2.75) is 44.7 Å². The molecule has 0 N–H and O–H groups in total. The van der Waals surface area contributed by atoms with Gasteiger partial charge in [-0.3, -0.25) is 0 Å². The Balaban J connectivity index is 1.54. The molecular weight excluding hydrogens is 462 g/mol. The predicted octanol–water partition coefficient (Wildman–Crippen LogP) is 7.83. The maximum Gasteiger partial charge on any atom is 0.123 e. The van der Waals surface area contributed by atoms with E-state index in [1.54, 1.807) is 24.8 Å². The summed E-state index contributed by atoms with van der Waals surface area (Å²) in [5, 5.41) is 1.89. The van der Waals surface area contributed by atoms with Crippen LogP contribution < -0.4 is 4.74 Å². The van der Waals surface area contributed by atoms with Crippen molar-refractivity contribution in [3.8, 4) is 16.9 Å². The van der Waals surface area contributed by atoms with Gasteiger partial charge in [0.05, 0.1) is 17.0 Å². The molecule has 1 fully saturated rings. The van der Waals surface area contributed by atoms with Crippen LogP contribution in [0.15, 0.2) is 67.8 Å². The smallest absolute Gasteiger partial charge is 0.123 e. The van der Waals surface area contributed by atoms with E-state index in [0.717, 1.165) is 56.3 Å². The third kappa shape index (κ3) is 4.55. The number of methoxy groups -OCH3 is 1. The van der Waals surface area contributed by atoms with Gasteiger partial charge in [-0.2, -0.15) is 0 Å². The Hall–Kier alpha value is -2.89. The number of thiophene rings is 1. The summed E-state index contributed by atoms with van der Waals surface area (Å²) in [7, 11) is 1.73. The van der Waals surface area contributed by atoms with Crippen molar-refractivity contribution >= 4 is 38.7 Å². The van der Waals surface area contributed by atoms with Crippen LogP contribution in [0.1, 0.15) is 42.5 Å². The van der Waals surface area contributed by atoms with Gasteiger partial charge in [-0.1, -0.05) is 61.7 Å². The van der Waals surface area contributed by atoms with E-state index in [0.29, 0.717) is 12.6 Å². The second kappa shape index (κ2) is 10.2. The SMILES string of the molecule is C=C(c1sc2ccccc2c1Cl)N(Cc1cc(-c2cncnc2)ccc1OC)C1CCCCC1. The van der Waals surface area contributed by atoms with Crippen molar-refractivity contribution in [2.24, 2.45) is 0 Å². The molecule has 1 saturated carbocycles. The summed E-state index contributed by atoms with van der Waals surface area (Å²) in [5.74, 6) is 0.872. The zero-order chi connectivity index (χ0) is 23.5. The number of hydrogen-bond acceptors (Lipinski definition) is 5. The van der Waals surface area contributed by atoms with Crippen molar-refractivity contribution < 1.29 is 4.74 Å². The number of fused-ring (bicyclic) bond motifs is 1. The van der Waals surface area contributed by atoms with Crippen LogP contribution in [0.2, 0.25) is 5.02 Å². The highest BCUT2D eigenvalue weighted by Gasteiger charge is 2.26. The van der Waals surface area contributed by atoms with Crippen LogP contribution in [0.25, 0.3) is 26.9 Å². The molecule has 4 nitrogen and oxygen atoms in total. The summed E-state index contributed by atoms with van der Waals surface area (Å²) in [6.45, 7) is 5.29. The quantitative estimate of drug-likeness (QED) is 0.265. The molecule has 34 heavy (non-hydrogen) atoms. The minimum Gasteiger partial charge on any atom is -0.496 e. The van der Waals surface area contributed by atoms with Gasteiger partial charge in [-0.05, 0) is 36.6 Å². The fraction of sp³-hybridized carbons (Fsp3) is 0.286. The molecule has 0 radical (unpaired) electrons. The van der Waals surface area contributed by atoms with Gasteiger partial charge in [0.15, 0.2) is 0 Å². The third-order valence-corrected chi connectivity index (χ3v) is 8.40. The lowest BCUT2D eigenvalue weighted by atomic mass is 9.93. The van der Waals surface area contributed by atoms with Crippen LogP contribution in [-0.4, -0.2) is 28.0 Å². The average molecular weight is 490 g/mol. The van der Waals surface area contributed by atoms with Crippen LogP contribution in [0, 0.1) is 0 Å². The topological polar surface area (TPSA) is 38.2 Å². The number of benzene rings is 2. The summed E-state index contributed by atoms with van der Waals surface area (Å²) in [6, 6.07) is 15.0. The van der Waals surface area contributed by atoms with E-state index in [1.807, 2.05) is 24.5 Å². The summed E-state index contributed by atoms with van der Waals surface area (Å²) in [5.41, 5.74) is 4.17. The Kier molecular flexibility index (Phi) is 6.84. The highest BCUT2D eigenvalue weighted by atomic mass is 35.5. The third-order valence-electron chi connectivity index (χ3n) is 6.67. The predicted molar refractivity (Wildman–Crippen MR) is 142 cm³/mol. The van der Waals surface area contributed by atoms with Gasteiger partial charge in [0.2, 0.25) is 0 Å². The first kappa shape index (κ1) is 22.9. The first-order chi connectivity index (χ1) is 16.7. The van der Waals surface area contributed by atoms with Crippen LogP contribution in [0.4, 0.5) is 0 Å². The summed E-state index contributed by atoms with van der Waals surface area (Å²) < 4.78 is 6.96. The number of ether oxygens (including phenoxy) is 1. The van der Waals surface area contributed by atoms with Gasteiger partial charge in [-0.15, -0.1) is 11.3 Å². The molecule has 5 rings (SSSR count). The van der Waals surface area contributed by atoms with Crippen molar-refractivity contribution in [1.82, 2.24) is 14.9 Å². The summed E-state index contributed by atoms with van der Waals surface area (Å²) >= 11 is 8.61. The monoisotopic (exact) mass is 489 g/mol. The lowest BCUT2D eigenvalue weighted by Crippen LogP contribution is -2.34. The van der Waals surface area contributed by atoms with E-state index in [4.69, 9.17) is 16.3 Å². The lowest BCUT2D eigenvalue weighted by molar-refractivity contribution is 0.223. The maximum absolute atomic E-state index is 6.89. The largest absolute Gasteiger partial charge is 0.496 e. The molecule has 1 aliphatic carbocycles. The van der Waals surface area contributed by atoms with Crippen molar-refractivity contribution in [3.05, 3.63) is 83.2 Å². The number of halogens is 1. The summed E-state index contributed by atoms with van der Waals surface area (Å²) in [4.78, 5) is 11.9. The normalized spacial score (nSPS) is 14.3. The molecule has 0 atom stereocenters. The second-order valence-corrected chi connectivity index (χ2v) is 10.2.